The van der Waals surface area contributed by atoms with Gasteiger partial charge in [0, 0.05) is 19.2 Å². The van der Waals surface area contributed by atoms with E-state index in [0.29, 0.717) is 17.3 Å². The third-order valence-corrected chi connectivity index (χ3v) is 4.03. The molecule has 3 rings (SSSR count). The zero-order valence-corrected chi connectivity index (χ0v) is 13.8. The lowest BCUT2D eigenvalue weighted by Crippen LogP contribution is -2.54. The molecule has 0 unspecified atom stereocenters. The smallest absolute Gasteiger partial charge is 0.321 e. The summed E-state index contributed by atoms with van der Waals surface area (Å²) >= 11 is 0. The number of aryl methyl sites for hydroxylation is 1. The average molecular weight is 341 g/mol. The molecule has 1 fully saturated rings. The maximum atomic E-state index is 12.0. The van der Waals surface area contributed by atoms with Crippen molar-refractivity contribution in [1.29, 1.82) is 0 Å². The number of likely N-dealkylation sites (tertiary alicyclic amines) is 1. The van der Waals surface area contributed by atoms with Crippen molar-refractivity contribution in [1.82, 2.24) is 9.88 Å². The van der Waals surface area contributed by atoms with Gasteiger partial charge in [0.25, 0.3) is 0 Å². The number of hydrogen-bond donors (Lipinski definition) is 2. The van der Waals surface area contributed by atoms with Crippen LogP contribution in [0.2, 0.25) is 0 Å². The Morgan fingerprint density at radius 1 is 1.32 bits per heavy atom. The minimum atomic E-state index is -0.876. The summed E-state index contributed by atoms with van der Waals surface area (Å²) in [7, 11) is 0. The number of carbonyl (C=O) groups excluding carboxylic acids is 1. The largest absolute Gasteiger partial charge is 0.481 e. The molecule has 1 aromatic carbocycles. The molecule has 2 N–H and O–H groups in total. The number of urea groups is 1. The van der Waals surface area contributed by atoms with E-state index in [-0.39, 0.29) is 19.1 Å². The highest BCUT2D eigenvalue weighted by atomic mass is 16.5. The number of nitrogens with one attached hydrogen (secondary N) is 1. The van der Waals surface area contributed by atoms with E-state index in [0.717, 1.165) is 6.42 Å². The second kappa shape index (κ2) is 7.21. The summed E-state index contributed by atoms with van der Waals surface area (Å²) in [5.41, 5.74) is 1.70. The summed E-state index contributed by atoms with van der Waals surface area (Å²) in [4.78, 5) is 28.3. The molecule has 2 amide bonds. The number of aliphatic carboxylic acids is 1. The number of carboxylic acid groups (broad SMARTS) is 1. The van der Waals surface area contributed by atoms with Gasteiger partial charge in [0.2, 0.25) is 5.88 Å². The van der Waals surface area contributed by atoms with Gasteiger partial charge in [-0.15, -0.1) is 0 Å². The molecule has 0 spiro atoms. The number of carboxylic acids is 1. The molecular weight excluding hydrogens is 322 g/mol. The molecule has 2 heterocycles. The number of ether oxygens (including phenoxy) is 1. The quantitative estimate of drug-likeness (QED) is 0.872. The third-order valence-electron chi connectivity index (χ3n) is 4.03. The molecule has 1 aromatic heterocycles. The average Bonchev–Trinajstić information content (AvgIpc) is 2.55. The van der Waals surface area contributed by atoms with Gasteiger partial charge in [-0.2, -0.15) is 0 Å². The van der Waals surface area contributed by atoms with Crippen LogP contribution in [0.25, 0.3) is 0 Å². The summed E-state index contributed by atoms with van der Waals surface area (Å²) in [6, 6.07) is 10.8. The van der Waals surface area contributed by atoms with Crippen LogP contribution in [0.15, 0.2) is 42.6 Å². The lowest BCUT2D eigenvalue weighted by molar-refractivity contribution is -0.145. The number of pyridine rings is 1. The molecule has 7 heteroatoms. The fourth-order valence-corrected chi connectivity index (χ4v) is 2.47. The van der Waals surface area contributed by atoms with Gasteiger partial charge in [0.1, 0.15) is 5.75 Å². The van der Waals surface area contributed by atoms with Crippen LogP contribution in [0.1, 0.15) is 12.5 Å². The number of carbonyl (C=O) groups is 2. The molecule has 0 radical (unpaired) electrons. The van der Waals surface area contributed by atoms with E-state index in [2.05, 4.69) is 17.2 Å². The Kier molecular flexibility index (Phi) is 4.83. The lowest BCUT2D eigenvalue weighted by Gasteiger charge is -2.36. The molecule has 130 valence electrons. The van der Waals surface area contributed by atoms with Crippen LogP contribution in [0.5, 0.6) is 11.6 Å². The first kappa shape index (κ1) is 16.8. The van der Waals surface area contributed by atoms with Crippen molar-refractivity contribution in [3.8, 4) is 11.6 Å². The molecule has 1 saturated heterocycles. The van der Waals surface area contributed by atoms with Crippen molar-refractivity contribution < 1.29 is 19.4 Å². The number of aromatic nitrogens is 1. The minimum Gasteiger partial charge on any atom is -0.481 e. The van der Waals surface area contributed by atoms with Gasteiger partial charge in [-0.25, -0.2) is 9.78 Å². The van der Waals surface area contributed by atoms with Gasteiger partial charge >= 0.3 is 12.0 Å². The Balaban J connectivity index is 1.55. The topological polar surface area (TPSA) is 91.8 Å². The Bertz CT molecular complexity index is 770. The van der Waals surface area contributed by atoms with Crippen molar-refractivity contribution in [2.45, 2.75) is 13.3 Å². The number of anilines is 1. The van der Waals surface area contributed by atoms with Crippen molar-refractivity contribution in [3.63, 3.8) is 0 Å². The lowest BCUT2D eigenvalue weighted by atomic mass is 10.0. The van der Waals surface area contributed by atoms with Gasteiger partial charge in [-0.05, 0) is 30.2 Å². The summed E-state index contributed by atoms with van der Waals surface area (Å²) in [5.74, 6) is -0.206. The summed E-state index contributed by atoms with van der Waals surface area (Å²) in [6.07, 6.45) is 2.43. The van der Waals surface area contributed by atoms with E-state index >= 15 is 0 Å². The van der Waals surface area contributed by atoms with E-state index in [9.17, 15) is 9.59 Å². The second-order valence-corrected chi connectivity index (χ2v) is 5.86. The molecule has 0 atom stereocenters. The number of benzene rings is 1. The molecule has 0 bridgehead atoms. The zero-order chi connectivity index (χ0) is 17.8. The molecule has 25 heavy (non-hydrogen) atoms. The van der Waals surface area contributed by atoms with Crippen LogP contribution in [0.3, 0.4) is 0 Å². The Hall–Kier alpha value is -3.09. The van der Waals surface area contributed by atoms with Crippen molar-refractivity contribution in [3.05, 3.63) is 48.2 Å². The fraction of sp³-hybridized carbons (Fsp3) is 0.278. The van der Waals surface area contributed by atoms with E-state index in [1.807, 2.05) is 24.3 Å². The van der Waals surface area contributed by atoms with E-state index < -0.39 is 11.9 Å². The zero-order valence-electron chi connectivity index (χ0n) is 13.8. The summed E-state index contributed by atoms with van der Waals surface area (Å²) in [6.45, 7) is 2.53. The summed E-state index contributed by atoms with van der Waals surface area (Å²) < 4.78 is 5.70. The molecular formula is C18H19N3O4. The fourth-order valence-electron chi connectivity index (χ4n) is 2.47. The standard InChI is InChI=1S/C18H19N3O4/c1-2-12-4-3-5-15(8-12)25-16-7-6-14(9-19-16)20-18(24)21-10-13(11-21)17(22)23/h3-9,13H,2,10-11H2,1H3,(H,20,24)(H,22,23). The predicted octanol–water partition coefficient (Wildman–Crippen LogP) is 2.98. The molecule has 7 nitrogen and oxygen atoms in total. The first-order chi connectivity index (χ1) is 12.0. The molecule has 2 aromatic rings. The normalized spacial score (nSPS) is 13.9. The van der Waals surface area contributed by atoms with Crippen molar-refractivity contribution >= 4 is 17.7 Å². The van der Waals surface area contributed by atoms with Crippen molar-refractivity contribution in [2.75, 3.05) is 18.4 Å². The third kappa shape index (κ3) is 4.06. The Labute approximate surface area is 145 Å². The van der Waals surface area contributed by atoms with E-state index in [1.54, 1.807) is 12.1 Å². The summed E-state index contributed by atoms with van der Waals surface area (Å²) in [5, 5.41) is 11.5. The first-order valence-corrected chi connectivity index (χ1v) is 8.06. The van der Waals surface area contributed by atoms with Crippen molar-refractivity contribution in [2.24, 2.45) is 5.92 Å². The van der Waals surface area contributed by atoms with Crippen LogP contribution < -0.4 is 10.1 Å². The van der Waals surface area contributed by atoms with Crippen LogP contribution in [0.4, 0.5) is 10.5 Å². The number of nitrogens with zero attached hydrogens (tertiary/aromatic N) is 2. The van der Waals surface area contributed by atoms with E-state index in [4.69, 9.17) is 9.84 Å². The molecule has 0 aliphatic carbocycles. The Morgan fingerprint density at radius 3 is 2.76 bits per heavy atom. The molecule has 1 aliphatic rings. The maximum absolute atomic E-state index is 12.0. The number of amides is 2. The maximum Gasteiger partial charge on any atom is 0.321 e. The highest BCUT2D eigenvalue weighted by molar-refractivity contribution is 5.90. The predicted molar refractivity (Wildman–Crippen MR) is 91.8 cm³/mol. The number of rotatable bonds is 5. The highest BCUT2D eigenvalue weighted by Gasteiger charge is 2.35. The van der Waals surface area contributed by atoms with Gasteiger partial charge < -0.3 is 20.1 Å². The van der Waals surface area contributed by atoms with E-state index in [1.165, 1.54) is 16.7 Å². The molecule has 1 aliphatic heterocycles. The van der Waals surface area contributed by atoms with Crippen LogP contribution in [0, 0.1) is 5.92 Å². The van der Waals surface area contributed by atoms with Gasteiger partial charge in [0.15, 0.2) is 0 Å². The second-order valence-electron chi connectivity index (χ2n) is 5.86. The first-order valence-electron chi connectivity index (χ1n) is 8.06. The van der Waals surface area contributed by atoms with Crippen LogP contribution >= 0.6 is 0 Å². The van der Waals surface area contributed by atoms with Crippen LogP contribution in [-0.2, 0) is 11.2 Å². The molecule has 0 saturated carbocycles. The van der Waals surface area contributed by atoms with Gasteiger partial charge in [-0.1, -0.05) is 19.1 Å². The number of hydrogen-bond acceptors (Lipinski definition) is 4. The van der Waals surface area contributed by atoms with Gasteiger partial charge in [-0.3, -0.25) is 4.79 Å². The minimum absolute atomic E-state index is 0.226. The van der Waals surface area contributed by atoms with Gasteiger partial charge in [0.05, 0.1) is 17.8 Å². The van der Waals surface area contributed by atoms with Crippen LogP contribution in [-0.4, -0.2) is 40.1 Å². The highest BCUT2D eigenvalue weighted by Crippen LogP contribution is 2.22. The SMILES string of the molecule is CCc1cccc(Oc2ccc(NC(=O)N3CC(C(=O)O)C3)cn2)c1. The Morgan fingerprint density at radius 2 is 2.12 bits per heavy atom. The monoisotopic (exact) mass is 341 g/mol.